The molecule has 0 aromatic heterocycles. The van der Waals surface area contributed by atoms with Gasteiger partial charge in [-0.15, -0.1) is 0 Å². The lowest BCUT2D eigenvalue weighted by Crippen LogP contribution is -2.30. The molecule has 3 aromatic carbocycles. The van der Waals surface area contributed by atoms with E-state index in [1.54, 1.807) is 42.5 Å². The van der Waals surface area contributed by atoms with E-state index in [1.807, 2.05) is 0 Å². The molecule has 0 aliphatic rings. The molecule has 3 aromatic rings. The Hall–Kier alpha value is -3.87. The number of ketones is 1. The third-order valence-electron chi connectivity index (χ3n) is 4.40. The van der Waals surface area contributed by atoms with Crippen LogP contribution in [0.4, 0.5) is 5.69 Å². The average molecular weight is 393 g/mol. The number of esters is 1. The number of carbonyl (C=O) groups excluding carboxylic acids is 3. The van der Waals surface area contributed by atoms with E-state index in [2.05, 4.69) is 5.32 Å². The van der Waals surface area contributed by atoms with Gasteiger partial charge in [-0.1, -0.05) is 36.4 Å². The van der Waals surface area contributed by atoms with Crippen LogP contribution in [0.1, 0.15) is 34.6 Å². The van der Waals surface area contributed by atoms with Crippen molar-refractivity contribution in [1.29, 1.82) is 0 Å². The number of rotatable bonds is 5. The molecule has 3 N–H and O–H groups in total. The molecule has 0 unspecified atom stereocenters. The summed E-state index contributed by atoms with van der Waals surface area (Å²) < 4.78 is 5.14. The van der Waals surface area contributed by atoms with Crippen LogP contribution < -0.4 is 5.32 Å². The Labute approximate surface area is 166 Å². The summed E-state index contributed by atoms with van der Waals surface area (Å²) in [5, 5.41) is 23.7. The molecule has 0 saturated heterocycles. The van der Waals surface area contributed by atoms with Gasteiger partial charge in [0, 0.05) is 22.0 Å². The van der Waals surface area contributed by atoms with Gasteiger partial charge in [0.25, 0.3) is 5.91 Å². The molecule has 0 radical (unpaired) electrons. The number of nitrogens with one attached hydrogen (secondary N) is 1. The number of amides is 1. The Bertz CT molecular complexity index is 1120. The first-order valence-corrected chi connectivity index (χ1v) is 8.84. The number of fused-ring (bicyclic) bond motifs is 1. The molecule has 0 spiro atoms. The third-order valence-corrected chi connectivity index (χ3v) is 4.40. The van der Waals surface area contributed by atoms with E-state index in [0.717, 1.165) is 6.07 Å². The molecule has 3 rings (SSSR count). The van der Waals surface area contributed by atoms with Crippen molar-refractivity contribution < 1.29 is 29.3 Å². The van der Waals surface area contributed by atoms with Crippen molar-refractivity contribution in [3.63, 3.8) is 0 Å². The summed E-state index contributed by atoms with van der Waals surface area (Å²) in [6, 6.07) is 14.0. The van der Waals surface area contributed by atoms with Gasteiger partial charge in [0.2, 0.25) is 0 Å². The Balaban J connectivity index is 1.76. The molecule has 0 aliphatic heterocycles. The second kappa shape index (κ2) is 8.02. The maximum atomic E-state index is 12.5. The Morgan fingerprint density at radius 3 is 2.34 bits per heavy atom. The van der Waals surface area contributed by atoms with Gasteiger partial charge in [-0.3, -0.25) is 9.59 Å². The molecule has 1 atom stereocenters. The van der Waals surface area contributed by atoms with E-state index >= 15 is 0 Å². The van der Waals surface area contributed by atoms with Gasteiger partial charge in [-0.05, 0) is 32.0 Å². The molecule has 0 saturated carbocycles. The molecular formula is C22H19NO6. The second-order valence-corrected chi connectivity index (χ2v) is 6.51. The summed E-state index contributed by atoms with van der Waals surface area (Å²) >= 11 is 0. The van der Waals surface area contributed by atoms with Crippen LogP contribution in [0.25, 0.3) is 10.8 Å². The van der Waals surface area contributed by atoms with Crippen molar-refractivity contribution >= 4 is 34.1 Å². The standard InChI is InChI=1S/C22H19NO6/c1-12(24)14-6-5-7-15(10-14)23-21(27)13(2)29-22(28)18-11-19(25)16-8-3-4-9-17(16)20(18)26/h3-11,13,25-26H,1-2H3,(H,23,27)/t13-/m0/s1. The monoisotopic (exact) mass is 393 g/mol. The van der Waals surface area contributed by atoms with Crippen LogP contribution in [-0.2, 0) is 9.53 Å². The largest absolute Gasteiger partial charge is 0.507 e. The summed E-state index contributed by atoms with van der Waals surface area (Å²) in [5.74, 6) is -2.24. The Morgan fingerprint density at radius 2 is 1.66 bits per heavy atom. The van der Waals surface area contributed by atoms with E-state index in [9.17, 15) is 24.6 Å². The molecule has 0 bridgehead atoms. The van der Waals surface area contributed by atoms with E-state index in [1.165, 1.54) is 19.9 Å². The number of aromatic hydroxyl groups is 2. The van der Waals surface area contributed by atoms with Crippen molar-refractivity contribution in [1.82, 2.24) is 0 Å². The van der Waals surface area contributed by atoms with Gasteiger partial charge in [0.15, 0.2) is 11.9 Å². The number of benzene rings is 3. The van der Waals surface area contributed by atoms with Gasteiger partial charge >= 0.3 is 5.97 Å². The Morgan fingerprint density at radius 1 is 0.966 bits per heavy atom. The SMILES string of the molecule is CC(=O)c1cccc(NC(=O)[C@H](C)OC(=O)c2cc(O)c3ccccc3c2O)c1. The van der Waals surface area contributed by atoms with Gasteiger partial charge in [-0.2, -0.15) is 0 Å². The number of phenols is 2. The van der Waals surface area contributed by atoms with Gasteiger partial charge in [0.1, 0.15) is 17.1 Å². The first-order valence-electron chi connectivity index (χ1n) is 8.84. The van der Waals surface area contributed by atoms with Crippen LogP contribution in [-0.4, -0.2) is 34.0 Å². The van der Waals surface area contributed by atoms with Crippen LogP contribution in [0, 0.1) is 0 Å². The number of hydrogen-bond donors (Lipinski definition) is 3. The molecule has 1 amide bonds. The highest BCUT2D eigenvalue weighted by Crippen LogP contribution is 2.35. The lowest BCUT2D eigenvalue weighted by molar-refractivity contribution is -0.123. The average Bonchev–Trinajstić information content (AvgIpc) is 2.70. The highest BCUT2D eigenvalue weighted by molar-refractivity contribution is 6.05. The third kappa shape index (κ3) is 4.19. The molecule has 7 nitrogen and oxygen atoms in total. The fourth-order valence-corrected chi connectivity index (χ4v) is 2.83. The number of phenolic OH excluding ortho intramolecular Hbond substituents is 2. The zero-order valence-corrected chi connectivity index (χ0v) is 15.8. The minimum Gasteiger partial charge on any atom is -0.507 e. The summed E-state index contributed by atoms with van der Waals surface area (Å²) in [7, 11) is 0. The van der Waals surface area contributed by atoms with Gasteiger partial charge in [0.05, 0.1) is 0 Å². The summed E-state index contributed by atoms with van der Waals surface area (Å²) in [4.78, 5) is 36.2. The van der Waals surface area contributed by atoms with Crippen LogP contribution in [0.5, 0.6) is 11.5 Å². The van der Waals surface area contributed by atoms with E-state index < -0.39 is 18.0 Å². The molecule has 0 heterocycles. The first-order chi connectivity index (χ1) is 13.8. The smallest absolute Gasteiger partial charge is 0.342 e. The predicted octanol–water partition coefficient (Wildman–Crippen LogP) is 3.64. The molecule has 148 valence electrons. The van der Waals surface area contributed by atoms with Crippen molar-refractivity contribution in [3.05, 3.63) is 65.7 Å². The number of ether oxygens (including phenoxy) is 1. The first kappa shape index (κ1) is 19.9. The number of hydrogen-bond acceptors (Lipinski definition) is 6. The van der Waals surface area contributed by atoms with Crippen LogP contribution in [0.3, 0.4) is 0 Å². The fourth-order valence-electron chi connectivity index (χ4n) is 2.83. The van der Waals surface area contributed by atoms with Crippen molar-refractivity contribution in [2.75, 3.05) is 5.32 Å². The lowest BCUT2D eigenvalue weighted by atomic mass is 10.0. The highest BCUT2D eigenvalue weighted by Gasteiger charge is 2.23. The van der Waals surface area contributed by atoms with Crippen molar-refractivity contribution in [2.24, 2.45) is 0 Å². The molecular weight excluding hydrogens is 374 g/mol. The van der Waals surface area contributed by atoms with Gasteiger partial charge in [-0.25, -0.2) is 4.79 Å². The van der Waals surface area contributed by atoms with Gasteiger partial charge < -0.3 is 20.3 Å². The molecule has 0 aliphatic carbocycles. The molecule has 7 heteroatoms. The minimum absolute atomic E-state index is 0.146. The van der Waals surface area contributed by atoms with Crippen LogP contribution in [0.2, 0.25) is 0 Å². The topological polar surface area (TPSA) is 113 Å². The number of carbonyl (C=O) groups is 3. The number of anilines is 1. The minimum atomic E-state index is -1.18. The maximum Gasteiger partial charge on any atom is 0.342 e. The summed E-state index contributed by atoms with van der Waals surface area (Å²) in [6.45, 7) is 2.79. The van der Waals surface area contributed by atoms with E-state index in [0.29, 0.717) is 16.6 Å². The highest BCUT2D eigenvalue weighted by atomic mass is 16.5. The van der Waals surface area contributed by atoms with Crippen molar-refractivity contribution in [2.45, 2.75) is 20.0 Å². The maximum absolute atomic E-state index is 12.5. The second-order valence-electron chi connectivity index (χ2n) is 6.51. The summed E-state index contributed by atoms with van der Waals surface area (Å²) in [5.41, 5.74) is 0.570. The van der Waals surface area contributed by atoms with E-state index in [-0.39, 0.29) is 28.2 Å². The summed E-state index contributed by atoms with van der Waals surface area (Å²) in [6.07, 6.45) is -1.18. The normalized spacial score (nSPS) is 11.7. The molecule has 29 heavy (non-hydrogen) atoms. The fraction of sp³-hybridized carbons (Fsp3) is 0.136. The zero-order chi connectivity index (χ0) is 21.1. The van der Waals surface area contributed by atoms with Crippen LogP contribution in [0.15, 0.2) is 54.6 Å². The molecule has 0 fully saturated rings. The Kier molecular flexibility index (Phi) is 5.50. The lowest BCUT2D eigenvalue weighted by Gasteiger charge is -2.15. The predicted molar refractivity (Wildman–Crippen MR) is 107 cm³/mol. The van der Waals surface area contributed by atoms with E-state index in [4.69, 9.17) is 4.74 Å². The van der Waals surface area contributed by atoms with Crippen molar-refractivity contribution in [3.8, 4) is 11.5 Å². The van der Waals surface area contributed by atoms with Crippen LogP contribution >= 0.6 is 0 Å². The quantitative estimate of drug-likeness (QED) is 0.347. The zero-order valence-electron chi connectivity index (χ0n) is 15.8. The number of Topliss-reactive ketones (excluding diaryl/α,β-unsaturated/α-hetero) is 1.